The summed E-state index contributed by atoms with van der Waals surface area (Å²) < 4.78 is 106. The zero-order chi connectivity index (χ0) is 20.9. The zero-order valence-corrected chi connectivity index (χ0v) is 8.21. The van der Waals surface area contributed by atoms with Gasteiger partial charge in [-0.2, -0.15) is 13.2 Å². The lowest BCUT2D eigenvalue weighted by molar-refractivity contribution is -0.141. The monoisotopic (exact) mass is 256 g/mol. The first-order valence-corrected chi connectivity index (χ1v) is 4.22. The minimum Gasteiger partial charge on any atom is -0.423 e. The summed E-state index contributed by atoms with van der Waals surface area (Å²) in [6, 6.07) is 0.557. The Morgan fingerprint density at radius 3 is 2.65 bits per heavy atom. The fourth-order valence-corrected chi connectivity index (χ4v) is 1.04. The molecule has 0 radical (unpaired) electrons. The number of pyridine rings is 1. The van der Waals surface area contributed by atoms with Crippen LogP contribution in [0.2, 0.25) is 0 Å². The van der Waals surface area contributed by atoms with Crippen LogP contribution in [0.3, 0.4) is 0 Å². The van der Waals surface area contributed by atoms with Gasteiger partial charge in [-0.25, -0.2) is 4.98 Å². The van der Waals surface area contributed by atoms with E-state index in [1.807, 2.05) is 0 Å². The molecule has 1 aromatic heterocycles. The standard InChI is InChI=1S/C10H13BF3NO2/c1-6(2)3-8-4-7(11(16)17)5-9(15-8)10(12,13)14/h4-6,16-17H,3H2,1-2H3/i1D3,2D3,3D2,6D. The van der Waals surface area contributed by atoms with Crippen molar-refractivity contribution in [3.05, 3.63) is 23.5 Å². The van der Waals surface area contributed by atoms with Gasteiger partial charge in [-0.15, -0.1) is 0 Å². The predicted molar refractivity (Wildman–Crippen MR) is 57.6 cm³/mol. The Morgan fingerprint density at radius 1 is 1.53 bits per heavy atom. The molecule has 0 spiro atoms. The summed E-state index contributed by atoms with van der Waals surface area (Å²) in [5.41, 5.74) is -4.08. The molecule has 3 nitrogen and oxygen atoms in total. The van der Waals surface area contributed by atoms with E-state index in [1.165, 1.54) is 0 Å². The average Bonchev–Trinajstić information content (AvgIpc) is 2.42. The Hall–Kier alpha value is -1.08. The summed E-state index contributed by atoms with van der Waals surface area (Å²) in [5.74, 6) is -3.89. The van der Waals surface area contributed by atoms with Crippen LogP contribution in [0.5, 0.6) is 0 Å². The van der Waals surface area contributed by atoms with Crippen molar-refractivity contribution in [1.29, 1.82) is 0 Å². The molecule has 0 aliphatic heterocycles. The summed E-state index contributed by atoms with van der Waals surface area (Å²) in [7, 11) is -2.51. The highest BCUT2D eigenvalue weighted by Crippen LogP contribution is 2.27. The molecular weight excluding hydrogens is 234 g/mol. The van der Waals surface area contributed by atoms with E-state index in [0.717, 1.165) is 0 Å². The molecule has 1 heterocycles. The third-order valence-corrected chi connectivity index (χ3v) is 1.69. The first-order chi connectivity index (χ1) is 11.3. The highest BCUT2D eigenvalue weighted by atomic mass is 19.4. The van der Waals surface area contributed by atoms with Crippen molar-refractivity contribution >= 4 is 12.6 Å². The van der Waals surface area contributed by atoms with E-state index < -0.39 is 56.1 Å². The molecule has 94 valence electrons. The highest BCUT2D eigenvalue weighted by molar-refractivity contribution is 6.58. The van der Waals surface area contributed by atoms with Crippen molar-refractivity contribution in [3.8, 4) is 0 Å². The van der Waals surface area contributed by atoms with Crippen LogP contribution in [0.4, 0.5) is 13.2 Å². The van der Waals surface area contributed by atoms with Crippen molar-refractivity contribution in [2.45, 2.75) is 26.3 Å². The molecule has 0 atom stereocenters. The SMILES string of the molecule is [2H]C([2H])([2H])C([2H])(C([2H])([2H])[2H])C([2H])([2H])c1cc(B(O)O)cc(C(F)(F)F)n1. The minimum atomic E-state index is -5.18. The van der Waals surface area contributed by atoms with Gasteiger partial charge in [0.15, 0.2) is 0 Å². The maximum atomic E-state index is 12.9. The number of hydrogen-bond donors (Lipinski definition) is 2. The number of nitrogens with zero attached hydrogens (tertiary/aromatic N) is 1. The van der Waals surface area contributed by atoms with Crippen LogP contribution < -0.4 is 5.46 Å². The van der Waals surface area contributed by atoms with E-state index in [2.05, 4.69) is 4.98 Å². The fourth-order valence-electron chi connectivity index (χ4n) is 1.04. The maximum Gasteiger partial charge on any atom is 0.488 e. The Kier molecular flexibility index (Phi) is 1.70. The zero-order valence-electron chi connectivity index (χ0n) is 17.2. The van der Waals surface area contributed by atoms with E-state index in [4.69, 9.17) is 22.4 Å². The van der Waals surface area contributed by atoms with E-state index in [9.17, 15) is 13.2 Å². The number of aromatic nitrogens is 1. The number of rotatable bonds is 3. The summed E-state index contributed by atoms with van der Waals surface area (Å²) in [6.45, 7) is -7.56. The molecular formula is C10H13BF3NO2. The molecule has 2 N–H and O–H groups in total. The molecule has 0 saturated carbocycles. The van der Waals surface area contributed by atoms with Crippen molar-refractivity contribution in [3.63, 3.8) is 0 Å². The molecule has 17 heavy (non-hydrogen) atoms. The Bertz CT molecular complexity index is 661. The Balaban J connectivity index is 3.83. The van der Waals surface area contributed by atoms with Gasteiger partial charge in [-0.3, -0.25) is 0 Å². The molecule has 7 heteroatoms. The molecule has 0 aliphatic rings. The predicted octanol–water partition coefficient (Wildman–Crippen LogP) is 0.979. The summed E-state index contributed by atoms with van der Waals surface area (Å²) in [5, 5.41) is 18.2. The van der Waals surface area contributed by atoms with Crippen molar-refractivity contribution in [1.82, 2.24) is 4.98 Å². The third-order valence-electron chi connectivity index (χ3n) is 1.69. The van der Waals surface area contributed by atoms with E-state index in [1.54, 1.807) is 0 Å². The maximum absolute atomic E-state index is 12.9. The lowest BCUT2D eigenvalue weighted by Gasteiger charge is -2.12. The first-order valence-electron chi connectivity index (χ1n) is 8.72. The molecule has 0 saturated heterocycles. The molecule has 0 fully saturated rings. The first kappa shape index (κ1) is 5.71. The normalized spacial score (nSPS) is 22.8. The quantitative estimate of drug-likeness (QED) is 0.792. The Labute approximate surface area is 110 Å². The van der Waals surface area contributed by atoms with Crippen LogP contribution >= 0.6 is 0 Å². The molecule has 0 aliphatic carbocycles. The van der Waals surface area contributed by atoms with E-state index in [-0.39, 0.29) is 6.07 Å². The van der Waals surface area contributed by atoms with Crippen LogP contribution in [0.25, 0.3) is 0 Å². The second kappa shape index (κ2) is 5.06. The lowest BCUT2D eigenvalue weighted by atomic mass is 9.79. The van der Waals surface area contributed by atoms with Gasteiger partial charge in [0.1, 0.15) is 5.69 Å². The Morgan fingerprint density at radius 2 is 2.18 bits per heavy atom. The second-order valence-electron chi connectivity index (χ2n) is 3.04. The fraction of sp³-hybridized carbons (Fsp3) is 0.500. The molecule has 1 aromatic rings. The number of hydrogen-bond acceptors (Lipinski definition) is 3. The largest absolute Gasteiger partial charge is 0.488 e. The third kappa shape index (κ3) is 4.01. The van der Waals surface area contributed by atoms with Crippen molar-refractivity contribution in [2.24, 2.45) is 5.89 Å². The smallest absolute Gasteiger partial charge is 0.423 e. The second-order valence-corrected chi connectivity index (χ2v) is 3.04. The summed E-state index contributed by atoms with van der Waals surface area (Å²) >= 11 is 0. The lowest BCUT2D eigenvalue weighted by Crippen LogP contribution is -2.32. The van der Waals surface area contributed by atoms with Gasteiger partial charge >= 0.3 is 13.3 Å². The van der Waals surface area contributed by atoms with Crippen LogP contribution in [-0.4, -0.2) is 22.2 Å². The number of halogens is 3. The molecule has 1 rings (SSSR count). The minimum absolute atomic E-state index is 0.181. The molecule has 0 bridgehead atoms. The van der Waals surface area contributed by atoms with Gasteiger partial charge in [-0.1, -0.05) is 13.7 Å². The molecule has 0 unspecified atom stereocenters. The average molecular weight is 256 g/mol. The van der Waals surface area contributed by atoms with Crippen LogP contribution in [-0.2, 0) is 12.5 Å². The van der Waals surface area contributed by atoms with Gasteiger partial charge < -0.3 is 10.0 Å². The van der Waals surface area contributed by atoms with Crippen LogP contribution in [0.15, 0.2) is 12.1 Å². The van der Waals surface area contributed by atoms with E-state index >= 15 is 0 Å². The van der Waals surface area contributed by atoms with Crippen LogP contribution in [0, 0.1) is 5.89 Å². The highest BCUT2D eigenvalue weighted by Gasteiger charge is 2.34. The molecule has 0 amide bonds. The van der Waals surface area contributed by atoms with Crippen molar-refractivity contribution < 1.29 is 35.6 Å². The summed E-state index contributed by atoms with van der Waals surface area (Å²) in [4.78, 5) is 2.91. The van der Waals surface area contributed by atoms with Crippen molar-refractivity contribution in [2.75, 3.05) is 0 Å². The summed E-state index contributed by atoms with van der Waals surface area (Å²) in [6.07, 6.45) is -8.92. The van der Waals surface area contributed by atoms with Gasteiger partial charge in [0, 0.05) is 18.0 Å². The van der Waals surface area contributed by atoms with E-state index in [0.29, 0.717) is 6.07 Å². The van der Waals surface area contributed by atoms with Gasteiger partial charge in [-0.05, 0) is 29.9 Å². The van der Waals surface area contributed by atoms with Gasteiger partial charge in [0.25, 0.3) is 0 Å². The topological polar surface area (TPSA) is 53.4 Å². The molecule has 0 aromatic carbocycles. The van der Waals surface area contributed by atoms with Crippen LogP contribution in [0.1, 0.15) is 37.4 Å². The number of alkyl halides is 3. The van der Waals surface area contributed by atoms with Gasteiger partial charge in [0.05, 0.1) is 0 Å². The van der Waals surface area contributed by atoms with Gasteiger partial charge in [0.2, 0.25) is 0 Å².